The summed E-state index contributed by atoms with van der Waals surface area (Å²) >= 11 is 0. The van der Waals surface area contributed by atoms with E-state index in [-0.39, 0.29) is 16.2 Å². The highest BCUT2D eigenvalue weighted by Crippen LogP contribution is 2.54. The molecule has 8 aromatic rings. The van der Waals surface area contributed by atoms with Crippen molar-refractivity contribution in [3.05, 3.63) is 198 Å². The summed E-state index contributed by atoms with van der Waals surface area (Å²) in [6, 6.07) is 65.8. The van der Waals surface area contributed by atoms with E-state index in [1.54, 1.807) is 0 Å². The third kappa shape index (κ3) is 5.90. The molecule has 0 unspecified atom stereocenters. The summed E-state index contributed by atoms with van der Waals surface area (Å²) in [4.78, 5) is 2.46. The SMILES string of the molecule is CC1(C)CCC(C)(C)c2cc(-c3ccc(-c4cc5c(cc4N(c4ccccc4)c4ccc(-c6cccc7ccccc67)cc4)C(C)(C)c4ccccc4-5)cc3)ccc21. The predicted molar refractivity (Wildman–Crippen MR) is 248 cm³/mol. The minimum absolute atomic E-state index is 0.140. The van der Waals surface area contributed by atoms with Gasteiger partial charge in [-0.05, 0) is 132 Å². The van der Waals surface area contributed by atoms with Crippen LogP contribution in [0.1, 0.15) is 76.6 Å². The molecule has 0 aromatic heterocycles. The summed E-state index contributed by atoms with van der Waals surface area (Å²) in [5.41, 5.74) is 19.5. The Morgan fingerprint density at radius 2 is 0.931 bits per heavy atom. The number of para-hydroxylation sites is 1. The second-order valence-corrected chi connectivity index (χ2v) is 18.4. The minimum Gasteiger partial charge on any atom is -0.310 e. The maximum absolute atomic E-state index is 2.48. The zero-order valence-electron chi connectivity index (χ0n) is 34.6. The summed E-state index contributed by atoms with van der Waals surface area (Å²) in [7, 11) is 0. The van der Waals surface area contributed by atoms with E-state index in [2.05, 4.69) is 222 Å². The molecule has 1 heteroatoms. The summed E-state index contributed by atoms with van der Waals surface area (Å²) in [6.07, 6.45) is 2.43. The van der Waals surface area contributed by atoms with Gasteiger partial charge in [0.1, 0.15) is 0 Å². The Morgan fingerprint density at radius 3 is 1.71 bits per heavy atom. The molecule has 1 nitrogen and oxygen atoms in total. The van der Waals surface area contributed by atoms with Crippen LogP contribution in [0.5, 0.6) is 0 Å². The third-order valence-corrected chi connectivity index (χ3v) is 13.6. The van der Waals surface area contributed by atoms with E-state index in [1.807, 2.05) is 0 Å². The quantitative estimate of drug-likeness (QED) is 0.164. The number of nitrogens with zero attached hydrogens (tertiary/aromatic N) is 1. The van der Waals surface area contributed by atoms with Crippen LogP contribution in [0.25, 0.3) is 55.3 Å². The van der Waals surface area contributed by atoms with E-state index in [9.17, 15) is 0 Å². The number of benzene rings is 8. The molecule has 0 saturated carbocycles. The van der Waals surface area contributed by atoms with Gasteiger partial charge < -0.3 is 4.90 Å². The van der Waals surface area contributed by atoms with Crippen LogP contribution >= 0.6 is 0 Å². The van der Waals surface area contributed by atoms with Crippen molar-refractivity contribution < 1.29 is 0 Å². The Bertz CT molecular complexity index is 2830. The van der Waals surface area contributed by atoms with Crippen LogP contribution < -0.4 is 4.90 Å². The first-order chi connectivity index (χ1) is 28.0. The first kappa shape index (κ1) is 36.2. The fourth-order valence-electron chi connectivity index (χ4n) is 10.0. The summed E-state index contributed by atoms with van der Waals surface area (Å²) < 4.78 is 0. The number of hydrogen-bond donors (Lipinski definition) is 0. The van der Waals surface area contributed by atoms with Gasteiger partial charge in [-0.15, -0.1) is 0 Å². The molecule has 284 valence electrons. The molecule has 0 saturated heterocycles. The topological polar surface area (TPSA) is 3.24 Å². The van der Waals surface area contributed by atoms with Crippen molar-refractivity contribution in [1.29, 1.82) is 0 Å². The molecule has 0 fully saturated rings. The van der Waals surface area contributed by atoms with E-state index in [4.69, 9.17) is 0 Å². The van der Waals surface area contributed by atoms with Crippen LogP contribution in [0.2, 0.25) is 0 Å². The van der Waals surface area contributed by atoms with Crippen molar-refractivity contribution in [1.82, 2.24) is 0 Å². The number of hydrogen-bond acceptors (Lipinski definition) is 1. The summed E-state index contributed by atoms with van der Waals surface area (Å²) in [5.74, 6) is 0. The van der Waals surface area contributed by atoms with Gasteiger partial charge in [0.2, 0.25) is 0 Å². The van der Waals surface area contributed by atoms with E-state index in [0.717, 1.165) is 11.4 Å². The zero-order valence-corrected chi connectivity index (χ0v) is 34.6. The van der Waals surface area contributed by atoms with E-state index in [0.29, 0.717) is 0 Å². The van der Waals surface area contributed by atoms with Crippen LogP contribution in [0.3, 0.4) is 0 Å². The Morgan fingerprint density at radius 1 is 0.362 bits per heavy atom. The van der Waals surface area contributed by atoms with Gasteiger partial charge in [-0.3, -0.25) is 0 Å². The first-order valence-electron chi connectivity index (χ1n) is 21.0. The maximum Gasteiger partial charge on any atom is 0.0543 e. The molecule has 0 aliphatic heterocycles. The minimum atomic E-state index is -0.140. The van der Waals surface area contributed by atoms with Gasteiger partial charge in [-0.1, -0.05) is 181 Å². The molecule has 0 amide bonds. The Labute approximate surface area is 344 Å². The molecular weight excluding hydrogens is 699 g/mol. The van der Waals surface area contributed by atoms with E-state index >= 15 is 0 Å². The third-order valence-electron chi connectivity index (χ3n) is 13.6. The predicted octanol–water partition coefficient (Wildman–Crippen LogP) is 16.0. The van der Waals surface area contributed by atoms with E-state index < -0.39 is 0 Å². The molecule has 2 aliphatic rings. The molecular formula is C57H51N. The largest absolute Gasteiger partial charge is 0.310 e. The molecule has 0 N–H and O–H groups in total. The van der Waals surface area contributed by atoms with Gasteiger partial charge in [-0.2, -0.15) is 0 Å². The standard InChI is InChI=1S/C57H51N/c1-55(2)33-34-56(3,4)53-35-42(29-32-51(53)55)38-23-25-41(26-24-38)48-36-49-47-20-12-13-22-50(47)57(5,6)52(49)37-54(48)58(43-17-8-7-9-18-43)44-30-27-40(28-31-44)46-21-14-16-39-15-10-11-19-45(39)46/h7-32,35-37H,33-34H2,1-6H3. The summed E-state index contributed by atoms with van der Waals surface area (Å²) in [5, 5.41) is 2.53. The first-order valence-corrected chi connectivity index (χ1v) is 21.0. The number of fused-ring (bicyclic) bond motifs is 5. The summed E-state index contributed by atoms with van der Waals surface area (Å²) in [6.45, 7) is 14.4. The van der Waals surface area contributed by atoms with Gasteiger partial charge >= 0.3 is 0 Å². The fraction of sp³-hybridized carbons (Fsp3) is 0.193. The molecule has 58 heavy (non-hydrogen) atoms. The van der Waals surface area contributed by atoms with Gasteiger partial charge in [0.25, 0.3) is 0 Å². The Kier molecular flexibility index (Phi) is 8.39. The smallest absolute Gasteiger partial charge is 0.0543 e. The van der Waals surface area contributed by atoms with Crippen molar-refractivity contribution >= 4 is 27.8 Å². The Hall–Kier alpha value is -6.18. The molecule has 2 aliphatic carbocycles. The average Bonchev–Trinajstić information content (AvgIpc) is 3.47. The lowest BCUT2D eigenvalue weighted by Gasteiger charge is -2.42. The zero-order chi connectivity index (χ0) is 39.8. The van der Waals surface area contributed by atoms with Crippen molar-refractivity contribution in [2.45, 2.75) is 70.6 Å². The number of anilines is 3. The van der Waals surface area contributed by atoms with Gasteiger partial charge in [0, 0.05) is 22.4 Å². The maximum atomic E-state index is 2.48. The van der Waals surface area contributed by atoms with Gasteiger partial charge in [0.15, 0.2) is 0 Å². The number of rotatable bonds is 6. The van der Waals surface area contributed by atoms with Crippen molar-refractivity contribution in [2.75, 3.05) is 4.90 Å². The van der Waals surface area contributed by atoms with Crippen LogP contribution in [-0.4, -0.2) is 0 Å². The van der Waals surface area contributed by atoms with Crippen molar-refractivity contribution in [3.63, 3.8) is 0 Å². The molecule has 0 heterocycles. The lowest BCUT2D eigenvalue weighted by molar-refractivity contribution is 0.332. The second-order valence-electron chi connectivity index (χ2n) is 18.4. The van der Waals surface area contributed by atoms with Crippen LogP contribution in [0.15, 0.2) is 176 Å². The highest BCUT2D eigenvalue weighted by molar-refractivity contribution is 5.98. The lowest BCUT2D eigenvalue weighted by Crippen LogP contribution is -2.33. The van der Waals surface area contributed by atoms with Crippen LogP contribution in [0, 0.1) is 0 Å². The van der Waals surface area contributed by atoms with Crippen LogP contribution in [0.4, 0.5) is 17.1 Å². The average molecular weight is 750 g/mol. The lowest BCUT2D eigenvalue weighted by atomic mass is 9.63. The second kappa shape index (κ2) is 13.5. The molecule has 0 spiro atoms. The van der Waals surface area contributed by atoms with Crippen molar-refractivity contribution in [3.8, 4) is 44.5 Å². The van der Waals surface area contributed by atoms with Gasteiger partial charge in [0.05, 0.1) is 5.69 Å². The molecule has 0 bridgehead atoms. The van der Waals surface area contributed by atoms with E-state index in [1.165, 1.54) is 96.1 Å². The highest BCUT2D eigenvalue weighted by atomic mass is 15.1. The molecule has 0 radical (unpaired) electrons. The highest BCUT2D eigenvalue weighted by Gasteiger charge is 2.38. The van der Waals surface area contributed by atoms with Crippen LogP contribution in [-0.2, 0) is 16.2 Å². The molecule has 10 rings (SSSR count). The normalized spacial score (nSPS) is 15.7. The van der Waals surface area contributed by atoms with Gasteiger partial charge in [-0.25, -0.2) is 0 Å². The van der Waals surface area contributed by atoms with Crippen molar-refractivity contribution in [2.24, 2.45) is 0 Å². The molecule has 0 atom stereocenters. The molecule has 8 aromatic carbocycles. The monoisotopic (exact) mass is 749 g/mol. The fourth-order valence-corrected chi connectivity index (χ4v) is 10.0. The Balaban J connectivity index is 1.13.